The van der Waals surface area contributed by atoms with Crippen molar-refractivity contribution in [3.8, 4) is 0 Å². The van der Waals surface area contributed by atoms with Gasteiger partial charge in [0.1, 0.15) is 11.3 Å². The highest BCUT2D eigenvalue weighted by atomic mass is 16.5. The molecular weight excluding hydrogens is 232 g/mol. The molecule has 2 heterocycles. The van der Waals surface area contributed by atoms with Gasteiger partial charge in [0.25, 0.3) is 5.91 Å². The summed E-state index contributed by atoms with van der Waals surface area (Å²) in [5.41, 5.74) is 0.669. The predicted molar refractivity (Wildman–Crippen MR) is 66.4 cm³/mol. The van der Waals surface area contributed by atoms with Crippen molar-refractivity contribution in [3.05, 3.63) is 17.0 Å². The predicted octanol–water partition coefficient (Wildman–Crippen LogP) is 1.53. The van der Waals surface area contributed by atoms with Crippen LogP contribution in [0.5, 0.6) is 0 Å². The lowest BCUT2D eigenvalue weighted by Crippen LogP contribution is -2.45. The summed E-state index contributed by atoms with van der Waals surface area (Å²) >= 11 is 0. The van der Waals surface area contributed by atoms with Gasteiger partial charge in [-0.3, -0.25) is 4.79 Å². The number of piperidine rings is 1. The number of rotatable bonds is 2. The van der Waals surface area contributed by atoms with Gasteiger partial charge < -0.3 is 14.5 Å². The average Bonchev–Trinajstić information content (AvgIpc) is 2.69. The Morgan fingerprint density at radius 1 is 1.50 bits per heavy atom. The van der Waals surface area contributed by atoms with E-state index in [-0.39, 0.29) is 5.91 Å². The molecule has 0 aromatic carbocycles. The monoisotopic (exact) mass is 252 g/mol. The van der Waals surface area contributed by atoms with E-state index in [1.54, 1.807) is 11.8 Å². The molecule has 1 aromatic heterocycles. The van der Waals surface area contributed by atoms with Gasteiger partial charge in [-0.25, -0.2) is 0 Å². The number of hydrogen-bond acceptors (Lipinski definition) is 4. The number of aliphatic hydroxyl groups is 1. The molecule has 100 valence electrons. The maximum absolute atomic E-state index is 12.4. The fourth-order valence-corrected chi connectivity index (χ4v) is 2.28. The van der Waals surface area contributed by atoms with E-state index >= 15 is 0 Å². The van der Waals surface area contributed by atoms with Gasteiger partial charge in [-0.1, -0.05) is 12.1 Å². The van der Waals surface area contributed by atoms with E-state index in [0.29, 0.717) is 43.7 Å². The minimum Gasteiger partial charge on any atom is -0.390 e. The highest BCUT2D eigenvalue weighted by molar-refractivity contribution is 5.96. The third kappa shape index (κ3) is 2.41. The molecule has 5 heteroatoms. The molecule has 1 saturated heterocycles. The molecular formula is C13H20N2O3. The molecule has 5 nitrogen and oxygen atoms in total. The summed E-state index contributed by atoms with van der Waals surface area (Å²) in [5, 5.41) is 13.8. The summed E-state index contributed by atoms with van der Waals surface area (Å²) < 4.78 is 5.09. The van der Waals surface area contributed by atoms with Gasteiger partial charge in [-0.2, -0.15) is 0 Å². The van der Waals surface area contributed by atoms with Crippen molar-refractivity contribution >= 4 is 5.91 Å². The Bertz CT molecular complexity index is 441. The van der Waals surface area contributed by atoms with E-state index in [1.807, 2.05) is 13.8 Å². The minimum absolute atomic E-state index is 0.0268. The third-order valence-electron chi connectivity index (χ3n) is 3.61. The van der Waals surface area contributed by atoms with Gasteiger partial charge >= 0.3 is 0 Å². The molecule has 0 bridgehead atoms. The van der Waals surface area contributed by atoms with Crippen LogP contribution < -0.4 is 0 Å². The van der Waals surface area contributed by atoms with Crippen LogP contribution in [0.15, 0.2) is 4.52 Å². The molecule has 2 rings (SSSR count). The van der Waals surface area contributed by atoms with E-state index in [0.717, 1.165) is 5.69 Å². The van der Waals surface area contributed by atoms with Crippen LogP contribution in [0.3, 0.4) is 0 Å². The van der Waals surface area contributed by atoms with Gasteiger partial charge in [-0.15, -0.1) is 0 Å². The molecule has 0 spiro atoms. The number of aromatic nitrogens is 1. The topological polar surface area (TPSA) is 66.6 Å². The quantitative estimate of drug-likeness (QED) is 0.867. The first-order valence-corrected chi connectivity index (χ1v) is 6.41. The van der Waals surface area contributed by atoms with E-state index in [2.05, 4.69) is 5.16 Å². The number of carbonyl (C=O) groups excluding carboxylic acids is 1. The molecule has 1 fully saturated rings. The zero-order valence-corrected chi connectivity index (χ0v) is 11.2. The second kappa shape index (κ2) is 4.72. The van der Waals surface area contributed by atoms with Crippen LogP contribution in [0.25, 0.3) is 0 Å². The van der Waals surface area contributed by atoms with Crippen LogP contribution in [0.4, 0.5) is 0 Å². The molecule has 1 aliphatic rings. The Morgan fingerprint density at radius 3 is 2.67 bits per heavy atom. The first-order valence-electron chi connectivity index (χ1n) is 6.41. The summed E-state index contributed by atoms with van der Waals surface area (Å²) in [5.74, 6) is 0.551. The molecule has 1 N–H and O–H groups in total. The fourth-order valence-electron chi connectivity index (χ4n) is 2.28. The van der Waals surface area contributed by atoms with Crippen LogP contribution in [0.1, 0.15) is 48.5 Å². The molecule has 0 atom stereocenters. The molecule has 18 heavy (non-hydrogen) atoms. The second-order valence-electron chi connectivity index (χ2n) is 5.20. The van der Waals surface area contributed by atoms with Crippen molar-refractivity contribution in [2.24, 2.45) is 0 Å². The van der Waals surface area contributed by atoms with Crippen molar-refractivity contribution in [1.82, 2.24) is 10.1 Å². The molecule has 1 aliphatic heterocycles. The maximum Gasteiger partial charge on any atom is 0.259 e. The van der Waals surface area contributed by atoms with Crippen molar-refractivity contribution in [2.75, 3.05) is 13.1 Å². The van der Waals surface area contributed by atoms with Gasteiger partial charge in [0, 0.05) is 13.1 Å². The zero-order valence-electron chi connectivity index (χ0n) is 11.2. The summed E-state index contributed by atoms with van der Waals surface area (Å²) in [6.07, 6.45) is 1.92. The van der Waals surface area contributed by atoms with E-state index in [9.17, 15) is 9.90 Å². The Morgan fingerprint density at radius 2 is 2.11 bits per heavy atom. The number of hydrogen-bond donors (Lipinski definition) is 1. The normalized spacial score (nSPS) is 19.0. The lowest BCUT2D eigenvalue weighted by molar-refractivity contribution is -0.00208. The Labute approximate surface area is 107 Å². The Kier molecular flexibility index (Phi) is 3.43. The number of likely N-dealkylation sites (tertiary alicyclic amines) is 1. The minimum atomic E-state index is -0.645. The van der Waals surface area contributed by atoms with Crippen LogP contribution in [0.2, 0.25) is 0 Å². The van der Waals surface area contributed by atoms with Crippen LogP contribution in [-0.4, -0.2) is 39.8 Å². The van der Waals surface area contributed by atoms with E-state index in [1.165, 1.54) is 0 Å². The highest BCUT2D eigenvalue weighted by Crippen LogP contribution is 2.24. The van der Waals surface area contributed by atoms with Crippen molar-refractivity contribution in [1.29, 1.82) is 0 Å². The Hall–Kier alpha value is -1.36. The van der Waals surface area contributed by atoms with Gasteiger partial charge in [0.15, 0.2) is 0 Å². The highest BCUT2D eigenvalue weighted by Gasteiger charge is 2.32. The van der Waals surface area contributed by atoms with Crippen molar-refractivity contribution in [2.45, 2.75) is 45.6 Å². The van der Waals surface area contributed by atoms with Crippen LogP contribution in [-0.2, 0) is 6.42 Å². The average molecular weight is 252 g/mol. The maximum atomic E-state index is 12.4. The van der Waals surface area contributed by atoms with Gasteiger partial charge in [-0.05, 0) is 33.1 Å². The first kappa shape index (κ1) is 13.1. The number of carbonyl (C=O) groups is 1. The molecule has 1 amide bonds. The zero-order chi connectivity index (χ0) is 13.3. The van der Waals surface area contributed by atoms with Crippen LogP contribution >= 0.6 is 0 Å². The molecule has 0 unspecified atom stereocenters. The van der Waals surface area contributed by atoms with Crippen molar-refractivity contribution in [3.63, 3.8) is 0 Å². The largest absolute Gasteiger partial charge is 0.390 e. The summed E-state index contributed by atoms with van der Waals surface area (Å²) in [4.78, 5) is 14.2. The summed E-state index contributed by atoms with van der Waals surface area (Å²) in [6, 6.07) is 0. The van der Waals surface area contributed by atoms with Gasteiger partial charge in [0.05, 0.1) is 11.3 Å². The standard InChI is InChI=1S/C13H20N2O3/c1-4-10-11(9(2)18-14-10)12(16)15-7-5-13(3,17)6-8-15/h17H,4-8H2,1-3H3. The SMILES string of the molecule is CCc1noc(C)c1C(=O)N1CCC(C)(O)CC1. The van der Waals surface area contributed by atoms with Gasteiger partial charge in [0.2, 0.25) is 0 Å². The number of nitrogens with zero attached hydrogens (tertiary/aromatic N) is 2. The smallest absolute Gasteiger partial charge is 0.259 e. The lowest BCUT2D eigenvalue weighted by atomic mass is 9.93. The number of amides is 1. The molecule has 0 saturated carbocycles. The number of aryl methyl sites for hydroxylation is 2. The van der Waals surface area contributed by atoms with Crippen LogP contribution in [0, 0.1) is 6.92 Å². The first-order chi connectivity index (χ1) is 8.44. The Balaban J connectivity index is 2.15. The molecule has 1 aromatic rings. The van der Waals surface area contributed by atoms with E-state index in [4.69, 9.17) is 4.52 Å². The molecule has 0 aliphatic carbocycles. The summed E-state index contributed by atoms with van der Waals surface area (Å²) in [7, 11) is 0. The second-order valence-corrected chi connectivity index (χ2v) is 5.20. The fraction of sp³-hybridized carbons (Fsp3) is 0.692. The van der Waals surface area contributed by atoms with E-state index < -0.39 is 5.60 Å². The summed E-state index contributed by atoms with van der Waals surface area (Å²) in [6.45, 7) is 6.70. The lowest BCUT2D eigenvalue weighted by Gasteiger charge is -2.35. The molecule has 0 radical (unpaired) electrons. The third-order valence-corrected chi connectivity index (χ3v) is 3.61. The van der Waals surface area contributed by atoms with Crippen molar-refractivity contribution < 1.29 is 14.4 Å².